The molecule has 0 radical (unpaired) electrons. The monoisotopic (exact) mass is 275 g/mol. The Morgan fingerprint density at radius 1 is 1.45 bits per heavy atom. The summed E-state index contributed by atoms with van der Waals surface area (Å²) in [6.45, 7) is 9.49. The summed E-state index contributed by atoms with van der Waals surface area (Å²) in [6, 6.07) is 5.60. The van der Waals surface area contributed by atoms with Crippen LogP contribution in [0.2, 0.25) is 0 Å². The quantitative estimate of drug-likeness (QED) is 0.831. The highest BCUT2D eigenvalue weighted by molar-refractivity contribution is 5.92. The lowest BCUT2D eigenvalue weighted by Crippen LogP contribution is -2.27. The molecule has 4 nitrogen and oxygen atoms in total. The van der Waals surface area contributed by atoms with Crippen molar-refractivity contribution in [3.8, 4) is 0 Å². The Kier molecular flexibility index (Phi) is 4.33. The first-order chi connectivity index (χ1) is 9.37. The molecule has 1 aliphatic heterocycles. The number of amides is 1. The van der Waals surface area contributed by atoms with Crippen LogP contribution in [0.4, 0.5) is 11.4 Å². The zero-order valence-electron chi connectivity index (χ0n) is 12.7. The predicted molar refractivity (Wildman–Crippen MR) is 83.7 cm³/mol. The van der Waals surface area contributed by atoms with E-state index >= 15 is 0 Å². The zero-order valence-corrected chi connectivity index (χ0v) is 12.7. The van der Waals surface area contributed by atoms with E-state index in [0.29, 0.717) is 17.5 Å². The molecule has 0 aromatic heterocycles. The average molecular weight is 275 g/mol. The van der Waals surface area contributed by atoms with Gasteiger partial charge in [0.1, 0.15) is 0 Å². The van der Waals surface area contributed by atoms with Crippen LogP contribution in [0.25, 0.3) is 0 Å². The van der Waals surface area contributed by atoms with Crippen molar-refractivity contribution in [3.05, 3.63) is 23.8 Å². The zero-order chi connectivity index (χ0) is 14.8. The standard InChI is InChI=1S/C16H25N3O/c1-12-13(17)5-4-6-14(12)18-15(20)7-9-19-10-8-16(2,3)11-19/h4-6H,7-11,17H2,1-3H3,(H,18,20). The Hall–Kier alpha value is -1.55. The van der Waals surface area contributed by atoms with Crippen LogP contribution < -0.4 is 11.1 Å². The van der Waals surface area contributed by atoms with Crippen LogP contribution in [0.3, 0.4) is 0 Å². The molecule has 2 rings (SSSR count). The fourth-order valence-corrected chi connectivity index (χ4v) is 2.68. The number of nitrogens with two attached hydrogens (primary N) is 1. The molecule has 1 aliphatic rings. The lowest BCUT2D eigenvalue weighted by Gasteiger charge is -2.19. The highest BCUT2D eigenvalue weighted by Crippen LogP contribution is 2.28. The fourth-order valence-electron chi connectivity index (χ4n) is 2.68. The van der Waals surface area contributed by atoms with Gasteiger partial charge in [0.2, 0.25) is 5.91 Å². The molecule has 1 fully saturated rings. The maximum Gasteiger partial charge on any atom is 0.225 e. The maximum absolute atomic E-state index is 12.0. The Labute approximate surface area is 121 Å². The summed E-state index contributed by atoms with van der Waals surface area (Å²) in [6.07, 6.45) is 1.74. The predicted octanol–water partition coefficient (Wildman–Crippen LogP) is 2.64. The number of benzene rings is 1. The molecule has 110 valence electrons. The molecule has 4 heteroatoms. The van der Waals surface area contributed by atoms with Crippen molar-refractivity contribution >= 4 is 17.3 Å². The van der Waals surface area contributed by atoms with Crippen molar-refractivity contribution in [2.75, 3.05) is 30.7 Å². The Bertz CT molecular complexity index is 496. The highest BCUT2D eigenvalue weighted by Gasteiger charge is 2.28. The molecule has 1 heterocycles. The molecule has 3 N–H and O–H groups in total. The third-order valence-electron chi connectivity index (χ3n) is 4.06. The molecular formula is C16H25N3O. The van der Waals surface area contributed by atoms with Crippen molar-refractivity contribution in [1.82, 2.24) is 4.90 Å². The summed E-state index contributed by atoms with van der Waals surface area (Å²) in [5, 5.41) is 2.95. The van der Waals surface area contributed by atoms with Gasteiger partial charge in [-0.1, -0.05) is 19.9 Å². The third-order valence-corrected chi connectivity index (χ3v) is 4.06. The van der Waals surface area contributed by atoms with Gasteiger partial charge in [0.05, 0.1) is 0 Å². The van der Waals surface area contributed by atoms with Crippen LogP contribution in [-0.4, -0.2) is 30.4 Å². The minimum absolute atomic E-state index is 0.0587. The van der Waals surface area contributed by atoms with Crippen molar-refractivity contribution in [2.45, 2.75) is 33.6 Å². The molecule has 0 unspecified atom stereocenters. The van der Waals surface area contributed by atoms with E-state index in [1.807, 2.05) is 25.1 Å². The molecule has 0 saturated carbocycles. The number of anilines is 2. The van der Waals surface area contributed by atoms with Gasteiger partial charge in [-0.15, -0.1) is 0 Å². The summed E-state index contributed by atoms with van der Waals surface area (Å²) < 4.78 is 0. The highest BCUT2D eigenvalue weighted by atomic mass is 16.1. The summed E-state index contributed by atoms with van der Waals surface area (Å²) >= 11 is 0. The lowest BCUT2D eigenvalue weighted by molar-refractivity contribution is -0.116. The van der Waals surface area contributed by atoms with Crippen LogP contribution in [0.5, 0.6) is 0 Å². The molecular weight excluding hydrogens is 250 g/mol. The van der Waals surface area contributed by atoms with Gasteiger partial charge < -0.3 is 16.0 Å². The molecule has 0 atom stereocenters. The molecule has 0 spiro atoms. The van der Waals surface area contributed by atoms with E-state index in [1.165, 1.54) is 6.42 Å². The first-order valence-corrected chi connectivity index (χ1v) is 7.25. The Morgan fingerprint density at radius 3 is 2.85 bits per heavy atom. The number of nitrogen functional groups attached to an aromatic ring is 1. The summed E-state index contributed by atoms with van der Waals surface area (Å²) in [5.74, 6) is 0.0587. The average Bonchev–Trinajstić information content (AvgIpc) is 2.72. The molecule has 1 amide bonds. The number of carbonyl (C=O) groups is 1. The minimum Gasteiger partial charge on any atom is -0.398 e. The summed E-state index contributed by atoms with van der Waals surface area (Å²) in [5.41, 5.74) is 8.69. The van der Waals surface area contributed by atoms with Gasteiger partial charge in [-0.05, 0) is 43.0 Å². The Morgan fingerprint density at radius 2 is 2.20 bits per heavy atom. The number of nitrogens with zero attached hydrogens (tertiary/aromatic N) is 1. The maximum atomic E-state index is 12.0. The second kappa shape index (κ2) is 5.83. The van der Waals surface area contributed by atoms with Gasteiger partial charge in [-0.3, -0.25) is 4.79 Å². The van der Waals surface area contributed by atoms with E-state index in [4.69, 9.17) is 5.73 Å². The van der Waals surface area contributed by atoms with E-state index in [-0.39, 0.29) is 5.91 Å². The smallest absolute Gasteiger partial charge is 0.225 e. The lowest BCUT2D eigenvalue weighted by atomic mass is 9.93. The van der Waals surface area contributed by atoms with Crippen molar-refractivity contribution in [3.63, 3.8) is 0 Å². The summed E-state index contributed by atoms with van der Waals surface area (Å²) in [4.78, 5) is 14.4. The number of rotatable bonds is 4. The largest absolute Gasteiger partial charge is 0.398 e. The summed E-state index contributed by atoms with van der Waals surface area (Å²) in [7, 11) is 0. The number of hydrogen-bond acceptors (Lipinski definition) is 3. The van der Waals surface area contributed by atoms with Crippen molar-refractivity contribution in [2.24, 2.45) is 5.41 Å². The van der Waals surface area contributed by atoms with Crippen LogP contribution in [0.15, 0.2) is 18.2 Å². The van der Waals surface area contributed by atoms with E-state index in [0.717, 1.165) is 30.9 Å². The molecule has 0 aliphatic carbocycles. The van der Waals surface area contributed by atoms with Crippen LogP contribution in [0, 0.1) is 12.3 Å². The van der Waals surface area contributed by atoms with E-state index < -0.39 is 0 Å². The SMILES string of the molecule is Cc1c(N)cccc1NC(=O)CCN1CCC(C)(C)C1. The van der Waals surface area contributed by atoms with Crippen LogP contribution >= 0.6 is 0 Å². The molecule has 1 aromatic carbocycles. The first-order valence-electron chi connectivity index (χ1n) is 7.25. The van der Waals surface area contributed by atoms with Gasteiger partial charge in [0.25, 0.3) is 0 Å². The topological polar surface area (TPSA) is 58.4 Å². The second-order valence-corrected chi connectivity index (χ2v) is 6.51. The number of hydrogen-bond donors (Lipinski definition) is 2. The van der Waals surface area contributed by atoms with Gasteiger partial charge in [-0.25, -0.2) is 0 Å². The molecule has 0 bridgehead atoms. The van der Waals surface area contributed by atoms with Gasteiger partial charge in [0.15, 0.2) is 0 Å². The van der Waals surface area contributed by atoms with Gasteiger partial charge in [0, 0.05) is 30.9 Å². The molecule has 1 saturated heterocycles. The first kappa shape index (κ1) is 14.9. The minimum atomic E-state index is 0.0587. The van der Waals surface area contributed by atoms with Gasteiger partial charge >= 0.3 is 0 Å². The molecule has 20 heavy (non-hydrogen) atoms. The second-order valence-electron chi connectivity index (χ2n) is 6.51. The fraction of sp³-hybridized carbons (Fsp3) is 0.562. The van der Waals surface area contributed by atoms with Crippen molar-refractivity contribution < 1.29 is 4.79 Å². The number of nitrogens with one attached hydrogen (secondary N) is 1. The van der Waals surface area contributed by atoms with E-state index in [9.17, 15) is 4.79 Å². The van der Waals surface area contributed by atoms with Gasteiger partial charge in [-0.2, -0.15) is 0 Å². The van der Waals surface area contributed by atoms with Crippen LogP contribution in [-0.2, 0) is 4.79 Å². The van der Waals surface area contributed by atoms with Crippen molar-refractivity contribution in [1.29, 1.82) is 0 Å². The third kappa shape index (κ3) is 3.73. The number of carbonyl (C=O) groups excluding carboxylic acids is 1. The van der Waals surface area contributed by atoms with Crippen LogP contribution in [0.1, 0.15) is 32.3 Å². The van der Waals surface area contributed by atoms with E-state index in [2.05, 4.69) is 24.1 Å². The Balaban J connectivity index is 1.83. The number of likely N-dealkylation sites (tertiary alicyclic amines) is 1. The van der Waals surface area contributed by atoms with E-state index in [1.54, 1.807) is 0 Å². The normalized spacial score (nSPS) is 18.1. The molecule has 1 aromatic rings.